The Kier molecular flexibility index (Phi) is 3.27. The molecule has 0 saturated carbocycles. The molecule has 1 N–H and O–H groups in total. The standard InChI is InChI=1S/C15H22N2O2/c1-18-12-3-4-13(14(9-12)19-2)17-8-6-15(11-17)5-7-16-10-15/h3-4,9,16H,5-8,10-11H2,1-2H3. The fourth-order valence-electron chi connectivity index (χ4n) is 3.33. The first-order valence-corrected chi connectivity index (χ1v) is 6.94. The normalized spacial score (nSPS) is 26.1. The van der Waals surface area contributed by atoms with Gasteiger partial charge in [0.2, 0.25) is 0 Å². The number of methoxy groups -OCH3 is 2. The van der Waals surface area contributed by atoms with Crippen LogP contribution in [0.5, 0.6) is 11.5 Å². The van der Waals surface area contributed by atoms with Crippen LogP contribution in [0.2, 0.25) is 0 Å². The number of nitrogens with zero attached hydrogens (tertiary/aromatic N) is 1. The molecule has 0 amide bonds. The second-order valence-corrected chi connectivity index (χ2v) is 5.64. The Hall–Kier alpha value is -1.42. The van der Waals surface area contributed by atoms with E-state index in [0.717, 1.165) is 37.7 Å². The van der Waals surface area contributed by atoms with E-state index in [2.05, 4.69) is 16.3 Å². The van der Waals surface area contributed by atoms with Crippen molar-refractivity contribution in [1.29, 1.82) is 0 Å². The van der Waals surface area contributed by atoms with Crippen molar-refractivity contribution in [3.8, 4) is 11.5 Å². The first-order chi connectivity index (χ1) is 9.26. The van der Waals surface area contributed by atoms with Gasteiger partial charge in [-0.2, -0.15) is 0 Å². The van der Waals surface area contributed by atoms with Crippen molar-refractivity contribution < 1.29 is 9.47 Å². The summed E-state index contributed by atoms with van der Waals surface area (Å²) in [5.41, 5.74) is 1.66. The summed E-state index contributed by atoms with van der Waals surface area (Å²) in [6, 6.07) is 6.09. The summed E-state index contributed by atoms with van der Waals surface area (Å²) < 4.78 is 10.8. The van der Waals surface area contributed by atoms with Gasteiger partial charge >= 0.3 is 0 Å². The maximum absolute atomic E-state index is 5.51. The molecule has 1 atom stereocenters. The number of anilines is 1. The van der Waals surface area contributed by atoms with Crippen LogP contribution in [0.3, 0.4) is 0 Å². The van der Waals surface area contributed by atoms with Crippen LogP contribution in [-0.2, 0) is 0 Å². The van der Waals surface area contributed by atoms with E-state index in [1.165, 1.54) is 18.5 Å². The zero-order valence-electron chi connectivity index (χ0n) is 11.7. The summed E-state index contributed by atoms with van der Waals surface area (Å²) in [5, 5.41) is 3.50. The zero-order valence-corrected chi connectivity index (χ0v) is 11.7. The molecule has 2 aliphatic heterocycles. The molecule has 2 fully saturated rings. The van der Waals surface area contributed by atoms with Gasteiger partial charge in [0, 0.05) is 31.1 Å². The fraction of sp³-hybridized carbons (Fsp3) is 0.600. The molecule has 19 heavy (non-hydrogen) atoms. The van der Waals surface area contributed by atoms with Crippen molar-refractivity contribution in [2.24, 2.45) is 5.41 Å². The Labute approximate surface area is 114 Å². The minimum Gasteiger partial charge on any atom is -0.497 e. The van der Waals surface area contributed by atoms with Crippen molar-refractivity contribution in [2.45, 2.75) is 12.8 Å². The summed E-state index contributed by atoms with van der Waals surface area (Å²) in [5.74, 6) is 1.75. The first-order valence-electron chi connectivity index (χ1n) is 6.94. The van der Waals surface area contributed by atoms with Gasteiger partial charge in [-0.3, -0.25) is 0 Å². The summed E-state index contributed by atoms with van der Waals surface area (Å²) in [4.78, 5) is 2.45. The molecule has 2 heterocycles. The Morgan fingerprint density at radius 1 is 1.21 bits per heavy atom. The predicted octanol–water partition coefficient (Wildman–Crippen LogP) is 1.89. The van der Waals surface area contributed by atoms with Gasteiger partial charge in [0.1, 0.15) is 11.5 Å². The van der Waals surface area contributed by atoms with Crippen LogP contribution < -0.4 is 19.7 Å². The second-order valence-electron chi connectivity index (χ2n) is 5.64. The molecule has 0 aliphatic carbocycles. The van der Waals surface area contributed by atoms with Crippen molar-refractivity contribution in [2.75, 3.05) is 45.3 Å². The maximum Gasteiger partial charge on any atom is 0.145 e. The highest BCUT2D eigenvalue weighted by Crippen LogP contribution is 2.41. The lowest BCUT2D eigenvalue weighted by atomic mass is 9.86. The molecule has 0 aromatic heterocycles. The van der Waals surface area contributed by atoms with Gasteiger partial charge in [-0.25, -0.2) is 0 Å². The lowest BCUT2D eigenvalue weighted by Gasteiger charge is -2.25. The van der Waals surface area contributed by atoms with Crippen LogP contribution in [0, 0.1) is 5.41 Å². The van der Waals surface area contributed by atoms with Crippen LogP contribution in [0.15, 0.2) is 18.2 Å². The van der Waals surface area contributed by atoms with Crippen LogP contribution >= 0.6 is 0 Å². The van der Waals surface area contributed by atoms with E-state index in [4.69, 9.17) is 9.47 Å². The largest absolute Gasteiger partial charge is 0.497 e. The van der Waals surface area contributed by atoms with Crippen molar-refractivity contribution >= 4 is 5.69 Å². The summed E-state index contributed by atoms with van der Waals surface area (Å²) in [6.07, 6.45) is 2.57. The van der Waals surface area contributed by atoms with Crippen LogP contribution in [0.1, 0.15) is 12.8 Å². The van der Waals surface area contributed by atoms with E-state index in [1.54, 1.807) is 14.2 Å². The Morgan fingerprint density at radius 3 is 2.79 bits per heavy atom. The summed E-state index contributed by atoms with van der Waals surface area (Å²) >= 11 is 0. The molecule has 2 saturated heterocycles. The lowest BCUT2D eigenvalue weighted by Crippen LogP contribution is -2.29. The number of rotatable bonds is 3. The molecule has 2 aliphatic rings. The maximum atomic E-state index is 5.51. The Balaban J connectivity index is 1.83. The van der Waals surface area contributed by atoms with Crippen molar-refractivity contribution in [1.82, 2.24) is 5.32 Å². The van der Waals surface area contributed by atoms with Gasteiger partial charge in [-0.15, -0.1) is 0 Å². The second kappa shape index (κ2) is 4.93. The molecule has 0 bridgehead atoms. The fourth-order valence-corrected chi connectivity index (χ4v) is 3.33. The SMILES string of the molecule is COc1ccc(N2CCC3(CCNC3)C2)c(OC)c1. The van der Waals surface area contributed by atoms with Gasteiger partial charge in [0.15, 0.2) is 0 Å². The first kappa shape index (κ1) is 12.6. The average molecular weight is 262 g/mol. The summed E-state index contributed by atoms with van der Waals surface area (Å²) in [7, 11) is 3.41. The molecule has 1 aromatic rings. The zero-order chi connectivity index (χ0) is 13.3. The third kappa shape index (κ3) is 2.25. The number of nitrogens with one attached hydrogen (secondary N) is 1. The topological polar surface area (TPSA) is 33.7 Å². The molecule has 4 heteroatoms. The predicted molar refractivity (Wildman–Crippen MR) is 76.3 cm³/mol. The molecule has 1 unspecified atom stereocenters. The molecule has 1 aromatic carbocycles. The molecule has 3 rings (SSSR count). The Bertz CT molecular complexity index is 455. The third-order valence-electron chi connectivity index (χ3n) is 4.50. The van der Waals surface area contributed by atoms with Crippen LogP contribution in [-0.4, -0.2) is 40.4 Å². The highest BCUT2D eigenvalue weighted by molar-refractivity contribution is 5.61. The minimum absolute atomic E-state index is 0.477. The monoisotopic (exact) mass is 262 g/mol. The van der Waals surface area contributed by atoms with E-state index in [0.29, 0.717) is 5.41 Å². The van der Waals surface area contributed by atoms with E-state index < -0.39 is 0 Å². The highest BCUT2D eigenvalue weighted by Gasteiger charge is 2.40. The quantitative estimate of drug-likeness (QED) is 0.902. The minimum atomic E-state index is 0.477. The molecule has 4 nitrogen and oxygen atoms in total. The third-order valence-corrected chi connectivity index (χ3v) is 4.50. The van der Waals surface area contributed by atoms with Gasteiger partial charge < -0.3 is 19.7 Å². The van der Waals surface area contributed by atoms with Crippen molar-refractivity contribution in [3.63, 3.8) is 0 Å². The molecule has 1 spiro atoms. The average Bonchev–Trinajstić information content (AvgIpc) is 3.09. The Morgan fingerprint density at radius 2 is 2.11 bits per heavy atom. The summed E-state index contributed by atoms with van der Waals surface area (Å²) in [6.45, 7) is 4.56. The number of hydrogen-bond acceptors (Lipinski definition) is 4. The van der Waals surface area contributed by atoms with Crippen LogP contribution in [0.25, 0.3) is 0 Å². The van der Waals surface area contributed by atoms with E-state index >= 15 is 0 Å². The van der Waals surface area contributed by atoms with Crippen LogP contribution in [0.4, 0.5) is 5.69 Å². The van der Waals surface area contributed by atoms with E-state index in [9.17, 15) is 0 Å². The molecule has 0 radical (unpaired) electrons. The van der Waals surface area contributed by atoms with Gasteiger partial charge in [-0.05, 0) is 31.5 Å². The number of benzene rings is 1. The number of hydrogen-bond donors (Lipinski definition) is 1. The lowest BCUT2D eigenvalue weighted by molar-refractivity contribution is 0.368. The molecular weight excluding hydrogens is 240 g/mol. The molecular formula is C15H22N2O2. The van der Waals surface area contributed by atoms with E-state index in [1.807, 2.05) is 12.1 Å². The van der Waals surface area contributed by atoms with Crippen molar-refractivity contribution in [3.05, 3.63) is 18.2 Å². The smallest absolute Gasteiger partial charge is 0.145 e. The van der Waals surface area contributed by atoms with E-state index in [-0.39, 0.29) is 0 Å². The van der Waals surface area contributed by atoms with Gasteiger partial charge in [0.25, 0.3) is 0 Å². The number of ether oxygens (including phenoxy) is 2. The highest BCUT2D eigenvalue weighted by atomic mass is 16.5. The molecule has 104 valence electrons. The van der Waals surface area contributed by atoms with Gasteiger partial charge in [-0.1, -0.05) is 0 Å². The van der Waals surface area contributed by atoms with Gasteiger partial charge in [0.05, 0.1) is 19.9 Å².